The molecule has 5 heterocycles. The number of likely N-dealkylation sites (tertiary alicyclic amines) is 2. The summed E-state index contributed by atoms with van der Waals surface area (Å²) < 4.78 is 62.0. The fourth-order valence-electron chi connectivity index (χ4n) is 8.25. The number of alkyl halides is 3. The molecule has 2 aromatic carbocycles. The number of amides is 5. The van der Waals surface area contributed by atoms with E-state index in [0.29, 0.717) is 79.3 Å². The number of ether oxygens (including phenoxy) is 1. The molecule has 1 unspecified atom stereocenters. The molecule has 2 aromatic heterocycles. The predicted molar refractivity (Wildman–Crippen MR) is 201 cm³/mol. The van der Waals surface area contributed by atoms with Gasteiger partial charge in [-0.1, -0.05) is 18.2 Å². The van der Waals surface area contributed by atoms with Crippen molar-refractivity contribution >= 4 is 34.5 Å². The van der Waals surface area contributed by atoms with E-state index < -0.39 is 18.0 Å². The number of halogens is 4. The lowest BCUT2D eigenvalue weighted by Gasteiger charge is -2.40. The quantitative estimate of drug-likeness (QED) is 0.186. The van der Waals surface area contributed by atoms with Gasteiger partial charge in [-0.2, -0.15) is 0 Å². The van der Waals surface area contributed by atoms with Gasteiger partial charge in [-0.25, -0.2) is 9.18 Å². The Morgan fingerprint density at radius 1 is 0.930 bits per heavy atom. The summed E-state index contributed by atoms with van der Waals surface area (Å²) in [7, 11) is 3.23. The molecular formula is C41H42F4N6O6. The third-order valence-corrected chi connectivity index (χ3v) is 11.4. The third-order valence-electron chi connectivity index (χ3n) is 11.4. The highest BCUT2D eigenvalue weighted by Crippen LogP contribution is 2.36. The van der Waals surface area contributed by atoms with Gasteiger partial charge in [0.25, 0.3) is 11.5 Å². The molecule has 3 fully saturated rings. The van der Waals surface area contributed by atoms with Gasteiger partial charge in [0, 0.05) is 82.8 Å². The van der Waals surface area contributed by atoms with E-state index in [2.05, 4.69) is 15.0 Å². The van der Waals surface area contributed by atoms with Crippen molar-refractivity contribution in [3.8, 4) is 16.9 Å². The first-order valence-electron chi connectivity index (χ1n) is 18.9. The summed E-state index contributed by atoms with van der Waals surface area (Å²) in [6.07, 6.45) is 2.29. The molecule has 0 aliphatic carbocycles. The minimum Gasteiger partial charge on any atom is -0.405 e. The number of imide groups is 1. The number of urea groups is 1. The summed E-state index contributed by atoms with van der Waals surface area (Å²) in [5.41, 5.74) is 1.44. The van der Waals surface area contributed by atoms with Crippen molar-refractivity contribution in [2.75, 3.05) is 33.2 Å². The molecule has 12 nitrogen and oxygen atoms in total. The van der Waals surface area contributed by atoms with Crippen LogP contribution in [0.4, 0.5) is 22.4 Å². The van der Waals surface area contributed by atoms with Gasteiger partial charge in [-0.05, 0) is 90.8 Å². The van der Waals surface area contributed by atoms with Crippen molar-refractivity contribution in [3.63, 3.8) is 0 Å². The number of rotatable bonds is 7. The summed E-state index contributed by atoms with van der Waals surface area (Å²) in [5, 5.41) is 3.11. The highest BCUT2D eigenvalue weighted by atomic mass is 19.4. The highest BCUT2D eigenvalue weighted by Gasteiger charge is 2.36. The van der Waals surface area contributed by atoms with Gasteiger partial charge in [-0.3, -0.25) is 29.5 Å². The van der Waals surface area contributed by atoms with Crippen LogP contribution in [0.3, 0.4) is 0 Å². The molecule has 3 saturated heterocycles. The normalized spacial score (nSPS) is 18.5. The SMILES string of the molecule is CN(C(=O)N1CCC(c2ccc(CC3CCC(=O)NC3=O)cc2F)CC1)C1CCN(C(=O)c2ccc(-c3cn(C)c(=O)c4cnccc34)cc2OC(F)(F)F)CC1. The van der Waals surface area contributed by atoms with Crippen LogP contribution in [0.15, 0.2) is 65.8 Å². The molecule has 4 aromatic rings. The molecule has 300 valence electrons. The van der Waals surface area contributed by atoms with Crippen molar-refractivity contribution in [1.82, 2.24) is 29.6 Å². The number of nitrogens with one attached hydrogen (secondary N) is 1. The number of pyridine rings is 2. The molecule has 1 N–H and O–H groups in total. The van der Waals surface area contributed by atoms with Gasteiger partial charge in [0.15, 0.2) is 0 Å². The number of piperidine rings is 3. The van der Waals surface area contributed by atoms with Crippen molar-refractivity contribution in [2.45, 2.75) is 63.3 Å². The molecular weight excluding hydrogens is 748 g/mol. The Morgan fingerprint density at radius 3 is 2.33 bits per heavy atom. The molecule has 0 bridgehead atoms. The molecule has 57 heavy (non-hydrogen) atoms. The van der Waals surface area contributed by atoms with Crippen LogP contribution in [0.5, 0.6) is 5.75 Å². The lowest BCUT2D eigenvalue weighted by molar-refractivity contribution is -0.274. The minimum absolute atomic E-state index is 0.0865. The zero-order valence-corrected chi connectivity index (χ0v) is 31.5. The second kappa shape index (κ2) is 16.0. The van der Waals surface area contributed by atoms with E-state index in [1.54, 1.807) is 29.0 Å². The number of carbonyl (C=O) groups excluding carboxylic acids is 4. The number of hydrogen-bond donors (Lipinski definition) is 1. The third kappa shape index (κ3) is 8.49. The van der Waals surface area contributed by atoms with E-state index in [1.807, 2.05) is 6.07 Å². The van der Waals surface area contributed by atoms with Crippen LogP contribution in [0.25, 0.3) is 21.9 Å². The summed E-state index contributed by atoms with van der Waals surface area (Å²) in [6, 6.07) is 10.2. The van der Waals surface area contributed by atoms with Gasteiger partial charge >= 0.3 is 12.4 Å². The fourth-order valence-corrected chi connectivity index (χ4v) is 8.25. The predicted octanol–water partition coefficient (Wildman–Crippen LogP) is 5.77. The van der Waals surface area contributed by atoms with Crippen LogP contribution < -0.4 is 15.6 Å². The number of benzene rings is 2. The monoisotopic (exact) mass is 790 g/mol. The molecule has 0 spiro atoms. The average molecular weight is 791 g/mol. The van der Waals surface area contributed by atoms with E-state index in [4.69, 9.17) is 0 Å². The first-order valence-corrected chi connectivity index (χ1v) is 18.9. The Hall–Kier alpha value is -5.80. The summed E-state index contributed by atoms with van der Waals surface area (Å²) >= 11 is 0. The number of fused-ring (bicyclic) bond motifs is 1. The maximum absolute atomic E-state index is 15.3. The lowest BCUT2D eigenvalue weighted by atomic mass is 9.86. The largest absolute Gasteiger partial charge is 0.573 e. The number of nitrogens with zero attached hydrogens (tertiary/aromatic N) is 5. The van der Waals surface area contributed by atoms with Crippen LogP contribution in [0.2, 0.25) is 0 Å². The van der Waals surface area contributed by atoms with Crippen LogP contribution in [-0.2, 0) is 23.1 Å². The second-order valence-corrected chi connectivity index (χ2v) is 15.0. The topological polar surface area (TPSA) is 134 Å². The van der Waals surface area contributed by atoms with E-state index in [1.165, 1.54) is 53.3 Å². The fraction of sp³-hybridized carbons (Fsp3) is 0.415. The molecule has 5 amide bonds. The molecule has 7 rings (SSSR count). The molecule has 0 saturated carbocycles. The van der Waals surface area contributed by atoms with Crippen LogP contribution in [0.1, 0.15) is 65.9 Å². The zero-order valence-electron chi connectivity index (χ0n) is 31.5. The smallest absolute Gasteiger partial charge is 0.405 e. The van der Waals surface area contributed by atoms with Crippen molar-refractivity contribution in [3.05, 3.63) is 93.9 Å². The Labute approximate surface area is 325 Å². The molecule has 3 aliphatic rings. The number of aromatic nitrogens is 2. The Kier molecular flexibility index (Phi) is 11.1. The number of carbonyl (C=O) groups is 4. The summed E-state index contributed by atoms with van der Waals surface area (Å²) in [5.74, 6) is -2.75. The molecule has 1 atom stereocenters. The van der Waals surface area contributed by atoms with Crippen molar-refractivity contribution < 1.29 is 41.5 Å². The van der Waals surface area contributed by atoms with E-state index in [-0.39, 0.29) is 77.6 Å². The Morgan fingerprint density at radius 2 is 1.65 bits per heavy atom. The standard InChI is InChI=1S/C41H42F4N6O6/c1-48-23-33(30-9-14-46-22-32(30)38(48)54)26-4-7-31(35(21-26)57-41(43,44)45)39(55)50-17-12-28(13-18-50)49(2)40(56)51-15-10-25(11-16-51)29-6-3-24(20-34(29)42)19-27-5-8-36(52)47-37(27)53/h3-4,6-7,9,14,20-23,25,27-28H,5,8,10-13,15-19H2,1-2H3,(H,47,52,53). The summed E-state index contributed by atoms with van der Waals surface area (Å²) in [4.78, 5) is 72.4. The maximum atomic E-state index is 15.3. The van der Waals surface area contributed by atoms with Crippen LogP contribution in [-0.4, -0.2) is 93.6 Å². The van der Waals surface area contributed by atoms with Gasteiger partial charge in [-0.15, -0.1) is 13.2 Å². The minimum atomic E-state index is -5.08. The Balaban J connectivity index is 0.958. The highest BCUT2D eigenvalue weighted by molar-refractivity contribution is 6.00. The van der Waals surface area contributed by atoms with Gasteiger partial charge in [0.2, 0.25) is 11.8 Å². The van der Waals surface area contributed by atoms with Crippen LogP contribution >= 0.6 is 0 Å². The number of hydrogen-bond acceptors (Lipinski definition) is 7. The average Bonchev–Trinajstić information content (AvgIpc) is 3.19. The molecule has 16 heteroatoms. The first-order chi connectivity index (χ1) is 27.2. The summed E-state index contributed by atoms with van der Waals surface area (Å²) in [6.45, 7) is 1.25. The van der Waals surface area contributed by atoms with E-state index >= 15 is 4.39 Å². The molecule has 0 radical (unpaired) electrons. The van der Waals surface area contributed by atoms with E-state index in [9.17, 15) is 37.1 Å². The van der Waals surface area contributed by atoms with Crippen LogP contribution in [0, 0.1) is 11.7 Å². The zero-order chi connectivity index (χ0) is 40.6. The first kappa shape index (κ1) is 39.4. The molecule has 3 aliphatic heterocycles. The Bertz CT molecular complexity index is 2280. The lowest BCUT2D eigenvalue weighted by Crippen LogP contribution is -2.52. The van der Waals surface area contributed by atoms with Gasteiger partial charge < -0.3 is 24.0 Å². The van der Waals surface area contributed by atoms with Gasteiger partial charge in [0.1, 0.15) is 11.6 Å². The van der Waals surface area contributed by atoms with Crippen molar-refractivity contribution in [2.24, 2.45) is 13.0 Å². The van der Waals surface area contributed by atoms with E-state index in [0.717, 1.165) is 6.07 Å². The second-order valence-electron chi connectivity index (χ2n) is 15.0. The van der Waals surface area contributed by atoms with Gasteiger partial charge in [0.05, 0.1) is 10.9 Å². The van der Waals surface area contributed by atoms with Crippen molar-refractivity contribution in [1.29, 1.82) is 0 Å². The number of aryl methyl sites for hydroxylation is 1. The maximum Gasteiger partial charge on any atom is 0.573 e.